The molecule has 0 atom stereocenters. The van der Waals surface area contributed by atoms with Gasteiger partial charge in [0, 0.05) is 5.54 Å². The molecule has 2 heteroatoms. The maximum atomic E-state index is 13.3. The molecule has 1 aromatic carbocycles. The van der Waals surface area contributed by atoms with E-state index in [1.165, 1.54) is 25.3 Å². The number of nitrogens with two attached hydrogens (primary N) is 1. The molecule has 1 aromatic rings. The van der Waals surface area contributed by atoms with E-state index < -0.39 is 0 Å². The normalized spacial score (nSPS) is 28.3. The Balaban J connectivity index is 2.06. The number of rotatable bonds is 3. The number of aryl methyl sites for hydroxylation is 1. The summed E-state index contributed by atoms with van der Waals surface area (Å²) in [6.07, 6.45) is 6.66. The quantitative estimate of drug-likeness (QED) is 0.861. The molecule has 0 spiro atoms. The lowest BCUT2D eigenvalue weighted by Gasteiger charge is -2.37. The number of hydrogen-bond acceptors (Lipinski definition) is 1. The van der Waals surface area contributed by atoms with Gasteiger partial charge in [-0.15, -0.1) is 0 Å². The van der Waals surface area contributed by atoms with Gasteiger partial charge in [-0.05, 0) is 68.2 Å². The van der Waals surface area contributed by atoms with Crippen LogP contribution in [0.2, 0.25) is 0 Å². The SMILES string of the molecule is CCC1CCC(N)(Cc2cc(F)ccc2C)CC1. The van der Waals surface area contributed by atoms with Gasteiger partial charge in [-0.2, -0.15) is 0 Å². The first-order chi connectivity index (χ1) is 8.52. The molecule has 0 saturated heterocycles. The van der Waals surface area contributed by atoms with Crippen molar-refractivity contribution >= 4 is 0 Å². The lowest BCUT2D eigenvalue weighted by molar-refractivity contribution is 0.228. The van der Waals surface area contributed by atoms with Crippen LogP contribution >= 0.6 is 0 Å². The van der Waals surface area contributed by atoms with E-state index in [1.54, 1.807) is 6.07 Å². The molecule has 1 nitrogen and oxygen atoms in total. The van der Waals surface area contributed by atoms with Crippen molar-refractivity contribution in [2.75, 3.05) is 0 Å². The predicted molar refractivity (Wildman–Crippen MR) is 74.0 cm³/mol. The standard InChI is InChI=1S/C16H24FN/c1-3-13-6-8-16(18,9-7-13)11-14-10-15(17)5-4-12(14)2/h4-5,10,13H,3,6-9,11,18H2,1-2H3. The van der Waals surface area contributed by atoms with Gasteiger partial charge in [0.05, 0.1) is 0 Å². The highest BCUT2D eigenvalue weighted by Crippen LogP contribution is 2.34. The van der Waals surface area contributed by atoms with E-state index in [1.807, 2.05) is 13.0 Å². The summed E-state index contributed by atoms with van der Waals surface area (Å²) in [5.41, 5.74) is 8.61. The van der Waals surface area contributed by atoms with Crippen LogP contribution in [0.25, 0.3) is 0 Å². The molecule has 1 aliphatic rings. The zero-order chi connectivity index (χ0) is 13.2. The summed E-state index contributed by atoms with van der Waals surface area (Å²) in [5.74, 6) is 0.691. The lowest BCUT2D eigenvalue weighted by Crippen LogP contribution is -2.45. The summed E-state index contributed by atoms with van der Waals surface area (Å²) in [5, 5.41) is 0. The van der Waals surface area contributed by atoms with Crippen molar-refractivity contribution in [3.05, 3.63) is 35.1 Å². The molecule has 0 bridgehead atoms. The second kappa shape index (κ2) is 5.40. The molecule has 0 radical (unpaired) electrons. The van der Waals surface area contributed by atoms with Crippen molar-refractivity contribution in [1.82, 2.24) is 0 Å². The fraction of sp³-hybridized carbons (Fsp3) is 0.625. The molecule has 2 N–H and O–H groups in total. The lowest BCUT2D eigenvalue weighted by atomic mass is 9.73. The van der Waals surface area contributed by atoms with Crippen LogP contribution < -0.4 is 5.73 Å². The third kappa shape index (κ3) is 3.11. The van der Waals surface area contributed by atoms with Gasteiger partial charge in [-0.25, -0.2) is 4.39 Å². The van der Waals surface area contributed by atoms with Crippen molar-refractivity contribution in [3.8, 4) is 0 Å². The number of benzene rings is 1. The van der Waals surface area contributed by atoms with E-state index in [0.717, 1.165) is 36.3 Å². The predicted octanol–water partition coefficient (Wildman–Crippen LogP) is 3.97. The van der Waals surface area contributed by atoms with Gasteiger partial charge in [-0.1, -0.05) is 19.4 Å². The summed E-state index contributed by atoms with van der Waals surface area (Å²) in [4.78, 5) is 0. The molecule has 0 unspecified atom stereocenters. The van der Waals surface area contributed by atoms with E-state index in [9.17, 15) is 4.39 Å². The van der Waals surface area contributed by atoms with Crippen LogP contribution in [0.15, 0.2) is 18.2 Å². The van der Waals surface area contributed by atoms with Gasteiger partial charge in [0.2, 0.25) is 0 Å². The average molecular weight is 249 g/mol. The molecule has 18 heavy (non-hydrogen) atoms. The first kappa shape index (κ1) is 13.5. The van der Waals surface area contributed by atoms with Crippen LogP contribution in [-0.4, -0.2) is 5.54 Å². The zero-order valence-corrected chi connectivity index (χ0v) is 11.5. The smallest absolute Gasteiger partial charge is 0.123 e. The van der Waals surface area contributed by atoms with Crippen molar-refractivity contribution in [1.29, 1.82) is 0 Å². The van der Waals surface area contributed by atoms with Crippen molar-refractivity contribution in [2.24, 2.45) is 11.7 Å². The fourth-order valence-electron chi connectivity index (χ4n) is 3.05. The fourth-order valence-corrected chi connectivity index (χ4v) is 3.05. The molecular formula is C16H24FN. The molecular weight excluding hydrogens is 225 g/mol. The van der Waals surface area contributed by atoms with Crippen LogP contribution in [0.5, 0.6) is 0 Å². The minimum atomic E-state index is -0.151. The second-order valence-electron chi connectivity index (χ2n) is 5.96. The highest BCUT2D eigenvalue weighted by molar-refractivity contribution is 5.28. The average Bonchev–Trinajstić information content (AvgIpc) is 2.35. The van der Waals surface area contributed by atoms with Gasteiger partial charge in [-0.3, -0.25) is 0 Å². The Labute approximate surface area is 110 Å². The summed E-state index contributed by atoms with van der Waals surface area (Å²) < 4.78 is 13.3. The van der Waals surface area contributed by atoms with Gasteiger partial charge < -0.3 is 5.73 Å². The van der Waals surface area contributed by atoms with Crippen LogP contribution in [0.3, 0.4) is 0 Å². The van der Waals surface area contributed by atoms with Gasteiger partial charge in [0.15, 0.2) is 0 Å². The summed E-state index contributed by atoms with van der Waals surface area (Å²) >= 11 is 0. The first-order valence-electron chi connectivity index (χ1n) is 7.06. The van der Waals surface area contributed by atoms with Crippen molar-refractivity contribution in [2.45, 2.75) is 57.9 Å². The molecule has 0 aliphatic heterocycles. The van der Waals surface area contributed by atoms with E-state index in [4.69, 9.17) is 5.73 Å². The largest absolute Gasteiger partial charge is 0.325 e. The highest BCUT2D eigenvalue weighted by Gasteiger charge is 2.31. The molecule has 1 saturated carbocycles. The maximum absolute atomic E-state index is 13.3. The minimum absolute atomic E-state index is 0.121. The monoisotopic (exact) mass is 249 g/mol. The van der Waals surface area contributed by atoms with E-state index in [-0.39, 0.29) is 11.4 Å². The topological polar surface area (TPSA) is 26.0 Å². The van der Waals surface area contributed by atoms with Gasteiger partial charge in [0.25, 0.3) is 0 Å². The maximum Gasteiger partial charge on any atom is 0.123 e. The summed E-state index contributed by atoms with van der Waals surface area (Å²) in [7, 11) is 0. The Morgan fingerprint density at radius 1 is 1.33 bits per heavy atom. The van der Waals surface area contributed by atoms with Crippen LogP contribution in [0, 0.1) is 18.7 Å². The van der Waals surface area contributed by atoms with Crippen LogP contribution in [0.4, 0.5) is 4.39 Å². The van der Waals surface area contributed by atoms with Crippen molar-refractivity contribution < 1.29 is 4.39 Å². The van der Waals surface area contributed by atoms with Gasteiger partial charge in [0.1, 0.15) is 5.82 Å². The van der Waals surface area contributed by atoms with Crippen LogP contribution in [-0.2, 0) is 6.42 Å². The Hall–Kier alpha value is -0.890. The first-order valence-corrected chi connectivity index (χ1v) is 7.06. The Morgan fingerprint density at radius 2 is 2.00 bits per heavy atom. The van der Waals surface area contributed by atoms with E-state index >= 15 is 0 Å². The molecule has 0 aromatic heterocycles. The summed E-state index contributed by atoms with van der Waals surface area (Å²) in [6, 6.07) is 5.03. The Morgan fingerprint density at radius 3 is 2.61 bits per heavy atom. The van der Waals surface area contributed by atoms with Crippen molar-refractivity contribution in [3.63, 3.8) is 0 Å². The Bertz CT molecular complexity index is 406. The highest BCUT2D eigenvalue weighted by atomic mass is 19.1. The zero-order valence-electron chi connectivity index (χ0n) is 11.5. The third-order valence-electron chi connectivity index (χ3n) is 4.53. The third-order valence-corrected chi connectivity index (χ3v) is 4.53. The van der Waals surface area contributed by atoms with Gasteiger partial charge >= 0.3 is 0 Å². The molecule has 0 amide bonds. The van der Waals surface area contributed by atoms with E-state index in [0.29, 0.717) is 0 Å². The Kier molecular flexibility index (Phi) is 4.06. The second-order valence-corrected chi connectivity index (χ2v) is 5.96. The van der Waals surface area contributed by atoms with Crippen LogP contribution in [0.1, 0.15) is 50.2 Å². The number of hydrogen-bond donors (Lipinski definition) is 1. The summed E-state index contributed by atoms with van der Waals surface area (Å²) in [6.45, 7) is 4.29. The minimum Gasteiger partial charge on any atom is -0.325 e. The molecule has 100 valence electrons. The molecule has 2 rings (SSSR count). The molecule has 0 heterocycles. The molecule has 1 fully saturated rings. The molecule has 1 aliphatic carbocycles. The number of halogens is 1. The van der Waals surface area contributed by atoms with E-state index in [2.05, 4.69) is 6.92 Å².